The summed E-state index contributed by atoms with van der Waals surface area (Å²) in [5.74, 6) is 1.59. The molecule has 1 aromatic rings. The zero-order chi connectivity index (χ0) is 12.1. The first-order valence-electron chi connectivity index (χ1n) is 5.89. The topological polar surface area (TPSA) is 39.7 Å². The molecule has 17 heavy (non-hydrogen) atoms. The van der Waals surface area contributed by atoms with Gasteiger partial charge in [-0.2, -0.15) is 0 Å². The molecule has 0 bridgehead atoms. The lowest BCUT2D eigenvalue weighted by Gasteiger charge is -2.24. The lowest BCUT2D eigenvalue weighted by atomic mass is 10.1. The molecule has 4 heteroatoms. The highest BCUT2D eigenvalue weighted by Gasteiger charge is 2.14. The Morgan fingerprint density at radius 3 is 2.41 bits per heavy atom. The molecular weight excluding hydrogens is 218 g/mol. The van der Waals surface area contributed by atoms with Crippen LogP contribution in [0.2, 0.25) is 0 Å². The molecule has 0 aromatic heterocycles. The predicted octanol–water partition coefficient (Wildman–Crippen LogP) is 2.29. The van der Waals surface area contributed by atoms with Gasteiger partial charge in [0.25, 0.3) is 0 Å². The van der Waals surface area contributed by atoms with E-state index in [1.807, 2.05) is 18.2 Å². The molecule has 1 N–H and O–H groups in total. The van der Waals surface area contributed by atoms with E-state index < -0.39 is 0 Å². The molecule has 1 aliphatic heterocycles. The number of nitrogens with one attached hydrogen (secondary N) is 1. The van der Waals surface area contributed by atoms with Gasteiger partial charge in [-0.05, 0) is 12.8 Å². The minimum absolute atomic E-state index is 0.376. The molecule has 1 atom stereocenters. The summed E-state index contributed by atoms with van der Waals surface area (Å²) in [5, 5.41) is 3.45. The van der Waals surface area contributed by atoms with Gasteiger partial charge in [0.05, 0.1) is 20.8 Å². The number of benzene rings is 1. The van der Waals surface area contributed by atoms with Gasteiger partial charge in [-0.25, -0.2) is 0 Å². The molecule has 0 radical (unpaired) electrons. The maximum absolute atomic E-state index is 5.44. The number of rotatable bonds is 4. The zero-order valence-electron chi connectivity index (χ0n) is 10.4. The fourth-order valence-electron chi connectivity index (χ4n) is 1.98. The third-order valence-electron chi connectivity index (χ3n) is 2.88. The van der Waals surface area contributed by atoms with Gasteiger partial charge in [0.15, 0.2) is 0 Å². The van der Waals surface area contributed by atoms with Gasteiger partial charge in [0.2, 0.25) is 0 Å². The maximum atomic E-state index is 5.44. The van der Waals surface area contributed by atoms with Crippen molar-refractivity contribution >= 4 is 5.69 Å². The van der Waals surface area contributed by atoms with Crippen molar-refractivity contribution in [2.45, 2.75) is 18.9 Å². The normalized spacial score (nSPS) is 19.8. The van der Waals surface area contributed by atoms with Crippen molar-refractivity contribution in [2.24, 2.45) is 0 Å². The van der Waals surface area contributed by atoms with Gasteiger partial charge in [-0.3, -0.25) is 0 Å². The summed E-state index contributed by atoms with van der Waals surface area (Å²) in [7, 11) is 3.31. The summed E-state index contributed by atoms with van der Waals surface area (Å²) < 4.78 is 15.9. The third-order valence-corrected chi connectivity index (χ3v) is 2.88. The molecule has 2 rings (SSSR count). The molecule has 0 spiro atoms. The molecule has 1 aromatic carbocycles. The molecule has 4 nitrogen and oxygen atoms in total. The molecular formula is C13H19NO3. The van der Waals surface area contributed by atoms with Crippen molar-refractivity contribution in [3.8, 4) is 11.5 Å². The lowest BCUT2D eigenvalue weighted by Crippen LogP contribution is -2.29. The van der Waals surface area contributed by atoms with Crippen LogP contribution in [0.3, 0.4) is 0 Å². The average molecular weight is 237 g/mol. The minimum Gasteiger partial charge on any atom is -0.497 e. The SMILES string of the molecule is COc1cc(NC2CCCOC2)cc(OC)c1. The van der Waals surface area contributed by atoms with Crippen LogP contribution in [0.1, 0.15) is 12.8 Å². The molecule has 1 heterocycles. The van der Waals surface area contributed by atoms with E-state index in [0.29, 0.717) is 6.04 Å². The molecule has 0 amide bonds. The first kappa shape index (κ1) is 12.0. The molecule has 1 fully saturated rings. The van der Waals surface area contributed by atoms with E-state index in [2.05, 4.69) is 5.32 Å². The Bertz CT molecular complexity index is 339. The number of anilines is 1. The highest BCUT2D eigenvalue weighted by atomic mass is 16.5. The number of hydrogen-bond donors (Lipinski definition) is 1. The van der Waals surface area contributed by atoms with E-state index in [9.17, 15) is 0 Å². The second kappa shape index (κ2) is 5.77. The summed E-state index contributed by atoms with van der Waals surface area (Å²) in [4.78, 5) is 0. The van der Waals surface area contributed by atoms with Crippen LogP contribution in [-0.2, 0) is 4.74 Å². The summed E-state index contributed by atoms with van der Waals surface area (Å²) in [6.07, 6.45) is 2.25. The summed E-state index contributed by atoms with van der Waals surface area (Å²) in [5.41, 5.74) is 1.01. The van der Waals surface area contributed by atoms with Crippen molar-refractivity contribution in [2.75, 3.05) is 32.8 Å². The van der Waals surface area contributed by atoms with E-state index in [-0.39, 0.29) is 0 Å². The number of hydrogen-bond acceptors (Lipinski definition) is 4. The lowest BCUT2D eigenvalue weighted by molar-refractivity contribution is 0.0876. The summed E-state index contributed by atoms with van der Waals surface area (Å²) in [6, 6.07) is 6.18. The predicted molar refractivity (Wildman–Crippen MR) is 67.0 cm³/mol. The Hall–Kier alpha value is -1.42. The highest BCUT2D eigenvalue weighted by Crippen LogP contribution is 2.26. The zero-order valence-corrected chi connectivity index (χ0v) is 10.4. The van der Waals surface area contributed by atoms with Crippen LogP contribution in [0.15, 0.2) is 18.2 Å². The van der Waals surface area contributed by atoms with Crippen molar-refractivity contribution in [3.05, 3.63) is 18.2 Å². The smallest absolute Gasteiger partial charge is 0.124 e. The van der Waals surface area contributed by atoms with Crippen LogP contribution in [0.25, 0.3) is 0 Å². The molecule has 94 valence electrons. The summed E-state index contributed by atoms with van der Waals surface area (Å²) >= 11 is 0. The van der Waals surface area contributed by atoms with E-state index in [1.54, 1.807) is 14.2 Å². The van der Waals surface area contributed by atoms with Gasteiger partial charge in [0, 0.05) is 36.5 Å². The van der Waals surface area contributed by atoms with Crippen LogP contribution in [0.4, 0.5) is 5.69 Å². The second-order valence-corrected chi connectivity index (χ2v) is 4.16. The van der Waals surface area contributed by atoms with E-state index in [0.717, 1.165) is 43.2 Å². The van der Waals surface area contributed by atoms with Crippen LogP contribution >= 0.6 is 0 Å². The number of ether oxygens (including phenoxy) is 3. The highest BCUT2D eigenvalue weighted by molar-refractivity contribution is 5.54. The van der Waals surface area contributed by atoms with Crippen molar-refractivity contribution in [1.82, 2.24) is 0 Å². The van der Waals surface area contributed by atoms with Gasteiger partial charge < -0.3 is 19.5 Å². The standard InChI is InChI=1S/C13H19NO3/c1-15-12-6-11(7-13(8-12)16-2)14-10-4-3-5-17-9-10/h6-8,10,14H,3-5,9H2,1-2H3. The Morgan fingerprint density at radius 1 is 1.18 bits per heavy atom. The molecule has 0 aliphatic carbocycles. The van der Waals surface area contributed by atoms with Crippen LogP contribution < -0.4 is 14.8 Å². The van der Waals surface area contributed by atoms with Gasteiger partial charge in [-0.1, -0.05) is 0 Å². The van der Waals surface area contributed by atoms with Crippen molar-refractivity contribution in [3.63, 3.8) is 0 Å². The average Bonchev–Trinajstić information content (AvgIpc) is 2.39. The molecule has 1 aliphatic rings. The van der Waals surface area contributed by atoms with Crippen LogP contribution in [-0.4, -0.2) is 33.5 Å². The van der Waals surface area contributed by atoms with Gasteiger partial charge in [0.1, 0.15) is 11.5 Å². The Morgan fingerprint density at radius 2 is 1.88 bits per heavy atom. The largest absolute Gasteiger partial charge is 0.497 e. The second-order valence-electron chi connectivity index (χ2n) is 4.16. The molecule has 1 unspecified atom stereocenters. The van der Waals surface area contributed by atoms with Gasteiger partial charge >= 0.3 is 0 Å². The van der Waals surface area contributed by atoms with E-state index >= 15 is 0 Å². The van der Waals surface area contributed by atoms with Crippen LogP contribution in [0, 0.1) is 0 Å². The quantitative estimate of drug-likeness (QED) is 0.872. The fraction of sp³-hybridized carbons (Fsp3) is 0.538. The third kappa shape index (κ3) is 3.27. The minimum atomic E-state index is 0.376. The number of methoxy groups -OCH3 is 2. The van der Waals surface area contributed by atoms with Gasteiger partial charge in [-0.15, -0.1) is 0 Å². The van der Waals surface area contributed by atoms with E-state index in [4.69, 9.17) is 14.2 Å². The van der Waals surface area contributed by atoms with Crippen LogP contribution in [0.5, 0.6) is 11.5 Å². The fourth-order valence-corrected chi connectivity index (χ4v) is 1.98. The Balaban J connectivity index is 2.07. The van der Waals surface area contributed by atoms with Crippen molar-refractivity contribution < 1.29 is 14.2 Å². The van der Waals surface area contributed by atoms with Crippen molar-refractivity contribution in [1.29, 1.82) is 0 Å². The maximum Gasteiger partial charge on any atom is 0.124 e. The Kier molecular flexibility index (Phi) is 4.09. The molecule has 0 saturated carbocycles. The monoisotopic (exact) mass is 237 g/mol. The summed E-state index contributed by atoms with van der Waals surface area (Å²) in [6.45, 7) is 1.64. The molecule has 1 saturated heterocycles. The first-order valence-corrected chi connectivity index (χ1v) is 5.89. The first-order chi connectivity index (χ1) is 8.31. The van der Waals surface area contributed by atoms with E-state index in [1.165, 1.54) is 0 Å². The Labute approximate surface area is 102 Å².